The van der Waals surface area contributed by atoms with Crippen molar-refractivity contribution in [3.63, 3.8) is 0 Å². The Kier molecular flexibility index (Phi) is 4.37. The second-order valence-corrected chi connectivity index (χ2v) is 7.37. The second-order valence-electron chi connectivity index (χ2n) is 7.37. The van der Waals surface area contributed by atoms with Crippen LogP contribution >= 0.6 is 0 Å². The van der Waals surface area contributed by atoms with Crippen molar-refractivity contribution in [3.8, 4) is 17.2 Å². The SMILES string of the molecule is COc1cc2c(cc1CN1CCC(c3nnc4n3CCNC4)CC1)OCO2. The molecule has 3 aliphatic rings. The number of ether oxygens (including phenoxy) is 3. The molecule has 1 aromatic carbocycles. The van der Waals surface area contributed by atoms with Crippen molar-refractivity contribution in [3.05, 3.63) is 29.3 Å². The summed E-state index contributed by atoms with van der Waals surface area (Å²) in [5.74, 6) is 5.18. The number of piperidine rings is 1. The van der Waals surface area contributed by atoms with E-state index >= 15 is 0 Å². The van der Waals surface area contributed by atoms with Crippen LogP contribution in [0.5, 0.6) is 17.2 Å². The average molecular weight is 371 g/mol. The summed E-state index contributed by atoms with van der Waals surface area (Å²) in [4.78, 5) is 2.48. The zero-order valence-electron chi connectivity index (χ0n) is 15.6. The highest BCUT2D eigenvalue weighted by atomic mass is 16.7. The number of fused-ring (bicyclic) bond motifs is 2. The number of hydrogen-bond acceptors (Lipinski definition) is 7. The number of likely N-dealkylation sites (tertiary alicyclic amines) is 1. The molecule has 1 saturated heterocycles. The first-order valence-electron chi connectivity index (χ1n) is 9.63. The fourth-order valence-electron chi connectivity index (χ4n) is 4.29. The summed E-state index contributed by atoms with van der Waals surface area (Å²) in [7, 11) is 1.70. The van der Waals surface area contributed by atoms with Crippen molar-refractivity contribution in [2.24, 2.45) is 0 Å². The summed E-state index contributed by atoms with van der Waals surface area (Å²) in [5, 5.41) is 12.2. The minimum Gasteiger partial charge on any atom is -0.496 e. The highest BCUT2D eigenvalue weighted by molar-refractivity contribution is 5.51. The molecular formula is C19H25N5O3. The van der Waals surface area contributed by atoms with E-state index in [0.29, 0.717) is 5.92 Å². The summed E-state index contributed by atoms with van der Waals surface area (Å²) >= 11 is 0. The molecule has 2 aromatic rings. The smallest absolute Gasteiger partial charge is 0.231 e. The lowest BCUT2D eigenvalue weighted by molar-refractivity contribution is 0.173. The molecule has 0 atom stereocenters. The van der Waals surface area contributed by atoms with E-state index < -0.39 is 0 Å². The molecule has 1 aromatic heterocycles. The second kappa shape index (κ2) is 7.01. The van der Waals surface area contributed by atoms with Crippen LogP contribution in [-0.2, 0) is 19.6 Å². The zero-order valence-corrected chi connectivity index (χ0v) is 15.6. The third kappa shape index (κ3) is 3.12. The molecule has 0 aliphatic carbocycles. The monoisotopic (exact) mass is 371 g/mol. The standard InChI is InChI=1S/C19H25N5O3/c1-25-15-9-17-16(26-12-27-17)8-14(15)11-23-5-2-13(3-6-23)19-22-21-18-10-20-4-7-24(18)19/h8-9,13,20H,2-7,10-12H2,1H3. The van der Waals surface area contributed by atoms with Gasteiger partial charge < -0.3 is 24.1 Å². The van der Waals surface area contributed by atoms with Gasteiger partial charge in [0.1, 0.15) is 17.4 Å². The predicted octanol–water partition coefficient (Wildman–Crippen LogP) is 1.50. The van der Waals surface area contributed by atoms with Crippen molar-refractivity contribution in [1.29, 1.82) is 0 Å². The number of nitrogens with one attached hydrogen (secondary N) is 1. The first-order valence-corrected chi connectivity index (χ1v) is 9.63. The van der Waals surface area contributed by atoms with Gasteiger partial charge in [-0.1, -0.05) is 0 Å². The molecule has 0 spiro atoms. The van der Waals surface area contributed by atoms with Gasteiger partial charge in [0, 0.05) is 37.2 Å². The van der Waals surface area contributed by atoms with Crippen molar-refractivity contribution < 1.29 is 14.2 Å². The van der Waals surface area contributed by atoms with Crippen molar-refractivity contribution in [2.45, 2.75) is 38.4 Å². The van der Waals surface area contributed by atoms with Crippen LogP contribution in [0.3, 0.4) is 0 Å². The molecule has 0 radical (unpaired) electrons. The molecular weight excluding hydrogens is 346 g/mol. The van der Waals surface area contributed by atoms with Gasteiger partial charge >= 0.3 is 0 Å². The van der Waals surface area contributed by atoms with E-state index in [-0.39, 0.29) is 6.79 Å². The lowest BCUT2D eigenvalue weighted by atomic mass is 9.95. The Morgan fingerprint density at radius 1 is 1.15 bits per heavy atom. The molecule has 0 saturated carbocycles. The van der Waals surface area contributed by atoms with Crippen LogP contribution in [0.2, 0.25) is 0 Å². The van der Waals surface area contributed by atoms with Crippen molar-refractivity contribution in [2.75, 3.05) is 33.5 Å². The largest absolute Gasteiger partial charge is 0.496 e. The predicted molar refractivity (Wildman–Crippen MR) is 98.1 cm³/mol. The maximum atomic E-state index is 5.56. The van der Waals surface area contributed by atoms with E-state index in [0.717, 1.165) is 80.7 Å². The van der Waals surface area contributed by atoms with Crippen molar-refractivity contribution >= 4 is 0 Å². The van der Waals surface area contributed by atoms with E-state index in [9.17, 15) is 0 Å². The van der Waals surface area contributed by atoms with E-state index in [1.165, 1.54) is 5.82 Å². The van der Waals surface area contributed by atoms with Gasteiger partial charge in [0.2, 0.25) is 6.79 Å². The number of benzene rings is 1. The van der Waals surface area contributed by atoms with E-state index in [2.05, 4.69) is 31.0 Å². The topological polar surface area (TPSA) is 73.7 Å². The fraction of sp³-hybridized carbons (Fsp3) is 0.579. The molecule has 27 heavy (non-hydrogen) atoms. The van der Waals surface area contributed by atoms with Gasteiger partial charge in [-0.25, -0.2) is 0 Å². The van der Waals surface area contributed by atoms with Gasteiger partial charge in [0.25, 0.3) is 0 Å². The van der Waals surface area contributed by atoms with E-state index in [4.69, 9.17) is 14.2 Å². The maximum absolute atomic E-state index is 5.56. The highest BCUT2D eigenvalue weighted by Gasteiger charge is 2.28. The summed E-state index contributed by atoms with van der Waals surface area (Å²) in [6, 6.07) is 3.98. The first-order chi connectivity index (χ1) is 13.3. The third-order valence-electron chi connectivity index (χ3n) is 5.77. The Balaban J connectivity index is 1.26. The first kappa shape index (κ1) is 16.8. The van der Waals surface area contributed by atoms with Gasteiger partial charge in [0.15, 0.2) is 11.5 Å². The van der Waals surface area contributed by atoms with Gasteiger partial charge in [-0.3, -0.25) is 4.90 Å². The van der Waals surface area contributed by atoms with Crippen LogP contribution < -0.4 is 19.5 Å². The fourth-order valence-corrected chi connectivity index (χ4v) is 4.29. The molecule has 5 rings (SSSR count). The van der Waals surface area contributed by atoms with Crippen LogP contribution in [0, 0.1) is 0 Å². The minimum atomic E-state index is 0.283. The molecule has 0 unspecified atom stereocenters. The van der Waals surface area contributed by atoms with Crippen LogP contribution in [0.4, 0.5) is 0 Å². The van der Waals surface area contributed by atoms with Crippen LogP contribution in [0.25, 0.3) is 0 Å². The number of hydrogen-bond donors (Lipinski definition) is 1. The molecule has 4 heterocycles. The molecule has 8 nitrogen and oxygen atoms in total. The Hall–Kier alpha value is -2.32. The molecule has 1 N–H and O–H groups in total. The molecule has 144 valence electrons. The van der Waals surface area contributed by atoms with Crippen molar-refractivity contribution in [1.82, 2.24) is 25.0 Å². The quantitative estimate of drug-likeness (QED) is 0.873. The Morgan fingerprint density at radius 3 is 2.78 bits per heavy atom. The third-order valence-corrected chi connectivity index (χ3v) is 5.77. The van der Waals surface area contributed by atoms with Crippen LogP contribution in [-0.4, -0.2) is 53.2 Å². The Morgan fingerprint density at radius 2 is 1.96 bits per heavy atom. The number of methoxy groups -OCH3 is 1. The summed E-state index contributed by atoms with van der Waals surface area (Å²) in [6.45, 7) is 6.04. The number of rotatable bonds is 4. The normalized spacial score (nSPS) is 19.9. The van der Waals surface area contributed by atoms with Gasteiger partial charge in [-0.05, 0) is 32.0 Å². The molecule has 3 aliphatic heterocycles. The zero-order chi connectivity index (χ0) is 18.2. The number of nitrogens with zero attached hydrogens (tertiary/aromatic N) is 4. The maximum Gasteiger partial charge on any atom is 0.231 e. The lowest BCUT2D eigenvalue weighted by Gasteiger charge is -2.32. The molecule has 0 amide bonds. The average Bonchev–Trinajstić information content (AvgIpc) is 3.34. The summed E-state index contributed by atoms with van der Waals surface area (Å²) in [6.07, 6.45) is 2.22. The van der Waals surface area contributed by atoms with Gasteiger partial charge in [-0.2, -0.15) is 0 Å². The summed E-state index contributed by atoms with van der Waals surface area (Å²) < 4.78 is 18.9. The molecule has 0 bridgehead atoms. The summed E-state index contributed by atoms with van der Waals surface area (Å²) in [5.41, 5.74) is 1.14. The van der Waals surface area contributed by atoms with E-state index in [1.807, 2.05) is 6.07 Å². The van der Waals surface area contributed by atoms with Crippen LogP contribution in [0.15, 0.2) is 12.1 Å². The Labute approximate surface area is 158 Å². The van der Waals surface area contributed by atoms with E-state index in [1.54, 1.807) is 7.11 Å². The lowest BCUT2D eigenvalue weighted by Crippen LogP contribution is -2.34. The minimum absolute atomic E-state index is 0.283. The van der Waals surface area contributed by atoms with Gasteiger partial charge in [-0.15, -0.1) is 10.2 Å². The highest BCUT2D eigenvalue weighted by Crippen LogP contribution is 2.39. The number of aromatic nitrogens is 3. The molecule has 1 fully saturated rings. The van der Waals surface area contributed by atoms with Crippen LogP contribution in [0.1, 0.15) is 36.0 Å². The Bertz CT molecular complexity index is 829. The van der Waals surface area contributed by atoms with Gasteiger partial charge in [0.05, 0.1) is 13.7 Å². The molecule has 8 heteroatoms.